The summed E-state index contributed by atoms with van der Waals surface area (Å²) in [7, 11) is 0. The molecule has 9 nitrogen and oxygen atoms in total. The first-order valence-electron chi connectivity index (χ1n) is 11.4. The van der Waals surface area contributed by atoms with Crippen LogP contribution in [0.3, 0.4) is 0 Å². The average Bonchev–Trinajstić information content (AvgIpc) is 2.86. The first-order valence-corrected chi connectivity index (χ1v) is 11.8. The Labute approximate surface area is 208 Å². The van der Waals surface area contributed by atoms with E-state index in [0.29, 0.717) is 37.9 Å². The van der Waals surface area contributed by atoms with Crippen LogP contribution in [0.15, 0.2) is 36.9 Å². The first-order chi connectivity index (χ1) is 16.8. The Bertz CT molecular complexity index is 902. The summed E-state index contributed by atoms with van der Waals surface area (Å²) >= 11 is 5.53. The maximum atomic E-state index is 12.3. The fourth-order valence-electron chi connectivity index (χ4n) is 3.47. The van der Waals surface area contributed by atoms with Crippen molar-refractivity contribution >= 4 is 40.7 Å². The molecule has 0 atom stereocenters. The van der Waals surface area contributed by atoms with Crippen molar-refractivity contribution in [1.29, 1.82) is 0 Å². The molecule has 10 heteroatoms. The lowest BCUT2D eigenvalue weighted by atomic mass is 9.83. The summed E-state index contributed by atoms with van der Waals surface area (Å²) < 4.78 is 20.1. The van der Waals surface area contributed by atoms with Gasteiger partial charge in [0.1, 0.15) is 19.0 Å². The Morgan fingerprint density at radius 3 is 1.94 bits per heavy atom. The van der Waals surface area contributed by atoms with Crippen LogP contribution in [-0.2, 0) is 44.6 Å². The maximum absolute atomic E-state index is 12.3. The lowest BCUT2D eigenvalue weighted by molar-refractivity contribution is -0.152. The third-order valence-electron chi connectivity index (χ3n) is 5.47. The lowest BCUT2D eigenvalue weighted by Crippen LogP contribution is -2.27. The van der Waals surface area contributed by atoms with E-state index < -0.39 is 17.9 Å². The van der Waals surface area contributed by atoms with Gasteiger partial charge in [-0.2, -0.15) is 0 Å². The molecule has 0 aliphatic heterocycles. The Morgan fingerprint density at radius 2 is 1.37 bits per heavy atom. The van der Waals surface area contributed by atoms with Crippen molar-refractivity contribution in [2.75, 3.05) is 19.8 Å². The fourth-order valence-corrected chi connectivity index (χ4v) is 3.69. The second kappa shape index (κ2) is 14.9. The highest BCUT2D eigenvalue weighted by molar-refractivity contribution is 6.63. The molecule has 2 rings (SSSR count). The molecule has 1 aliphatic rings. The van der Waals surface area contributed by atoms with E-state index in [9.17, 15) is 24.0 Å². The fraction of sp³-hybridized carbons (Fsp3) is 0.480. The van der Waals surface area contributed by atoms with Crippen molar-refractivity contribution in [2.24, 2.45) is 11.8 Å². The van der Waals surface area contributed by atoms with Crippen molar-refractivity contribution in [3.05, 3.63) is 42.5 Å². The van der Waals surface area contributed by atoms with Crippen LogP contribution < -0.4 is 4.74 Å². The minimum Gasteiger partial charge on any atom is -0.465 e. The number of halogens is 1. The van der Waals surface area contributed by atoms with E-state index in [2.05, 4.69) is 11.3 Å². The second-order valence-electron chi connectivity index (χ2n) is 7.98. The number of esters is 4. The monoisotopic (exact) mass is 508 g/mol. The summed E-state index contributed by atoms with van der Waals surface area (Å²) in [6.07, 6.45) is 3.53. The molecule has 1 aromatic carbocycles. The van der Waals surface area contributed by atoms with E-state index in [0.717, 1.165) is 11.6 Å². The van der Waals surface area contributed by atoms with Gasteiger partial charge in [-0.05, 0) is 55.0 Å². The molecule has 1 aliphatic carbocycles. The Morgan fingerprint density at radius 1 is 0.829 bits per heavy atom. The Hall–Kier alpha value is -3.20. The van der Waals surface area contributed by atoms with Gasteiger partial charge in [0.25, 0.3) is 0 Å². The number of carbonyl (C=O) groups excluding carboxylic acids is 5. The molecule has 0 spiro atoms. The molecule has 190 valence electrons. The number of benzene rings is 1. The predicted octanol–water partition coefficient (Wildman–Crippen LogP) is 3.30. The van der Waals surface area contributed by atoms with Gasteiger partial charge in [0, 0.05) is 18.4 Å². The van der Waals surface area contributed by atoms with Gasteiger partial charge in [0.15, 0.2) is 0 Å². The van der Waals surface area contributed by atoms with E-state index in [-0.39, 0.29) is 55.7 Å². The molecule has 0 unspecified atom stereocenters. The molecule has 1 saturated carbocycles. The van der Waals surface area contributed by atoms with E-state index in [1.54, 1.807) is 24.3 Å². The Balaban J connectivity index is 1.60. The smallest absolute Gasteiger partial charge is 0.330 e. The number of ether oxygens (including phenoxy) is 4. The molecular formula is C25H29ClO9. The normalized spacial score (nSPS) is 17.1. The van der Waals surface area contributed by atoms with Gasteiger partial charge in [-0.25, -0.2) is 4.79 Å². The van der Waals surface area contributed by atoms with Crippen molar-refractivity contribution in [2.45, 2.75) is 44.9 Å². The topological polar surface area (TPSA) is 122 Å². The largest absolute Gasteiger partial charge is 0.465 e. The zero-order valence-electron chi connectivity index (χ0n) is 19.4. The molecule has 0 saturated heterocycles. The van der Waals surface area contributed by atoms with Crippen LogP contribution in [0.5, 0.6) is 5.75 Å². The standard InChI is InChI=1S/C25H29ClO9/c1-2-21(27)33-15-16-34-23(29)12-11-22(28)32-14-13-17-3-9-20(10-4-17)35-25(31)19-7-5-18(6-8-19)24(26)30/h2-4,9-10,18-19H,1,5-8,11-16H2. The number of rotatable bonds is 13. The third kappa shape index (κ3) is 10.7. The van der Waals surface area contributed by atoms with Crippen LogP contribution in [0.1, 0.15) is 44.1 Å². The summed E-state index contributed by atoms with van der Waals surface area (Å²) in [6.45, 7) is 3.18. The average molecular weight is 509 g/mol. The molecule has 35 heavy (non-hydrogen) atoms. The molecule has 1 aromatic rings. The predicted molar refractivity (Wildman–Crippen MR) is 124 cm³/mol. The molecule has 0 bridgehead atoms. The molecule has 0 N–H and O–H groups in total. The minimum atomic E-state index is -0.611. The van der Waals surface area contributed by atoms with Gasteiger partial charge in [-0.1, -0.05) is 18.7 Å². The van der Waals surface area contributed by atoms with Crippen LogP contribution >= 0.6 is 11.6 Å². The van der Waals surface area contributed by atoms with Gasteiger partial charge in [0.05, 0.1) is 25.4 Å². The zero-order chi connectivity index (χ0) is 25.6. The van der Waals surface area contributed by atoms with Crippen molar-refractivity contribution in [3.8, 4) is 5.75 Å². The van der Waals surface area contributed by atoms with Crippen molar-refractivity contribution < 1.29 is 42.9 Å². The molecule has 0 radical (unpaired) electrons. The van der Waals surface area contributed by atoms with Gasteiger partial charge in [0.2, 0.25) is 5.24 Å². The molecular weight excluding hydrogens is 480 g/mol. The number of carbonyl (C=O) groups is 5. The van der Waals surface area contributed by atoms with Gasteiger partial charge in [-0.3, -0.25) is 19.2 Å². The molecule has 1 fully saturated rings. The third-order valence-corrected chi connectivity index (χ3v) is 5.78. The maximum Gasteiger partial charge on any atom is 0.330 e. The number of hydrogen-bond acceptors (Lipinski definition) is 9. The SMILES string of the molecule is C=CC(=O)OCCOC(=O)CCC(=O)OCCc1ccc(OC(=O)C2CCC(C(=O)Cl)CC2)cc1. The second-order valence-corrected chi connectivity index (χ2v) is 8.35. The van der Waals surface area contributed by atoms with Crippen LogP contribution in [0.4, 0.5) is 0 Å². The molecule has 0 heterocycles. The zero-order valence-corrected chi connectivity index (χ0v) is 20.1. The van der Waals surface area contributed by atoms with E-state index >= 15 is 0 Å². The summed E-state index contributed by atoms with van der Waals surface area (Å²) in [4.78, 5) is 57.8. The summed E-state index contributed by atoms with van der Waals surface area (Å²) in [6, 6.07) is 6.89. The highest BCUT2D eigenvalue weighted by Crippen LogP contribution is 2.31. The Kier molecular flexibility index (Phi) is 12.0. The van der Waals surface area contributed by atoms with Crippen molar-refractivity contribution in [3.63, 3.8) is 0 Å². The van der Waals surface area contributed by atoms with E-state index in [1.165, 1.54) is 0 Å². The van der Waals surface area contributed by atoms with E-state index in [1.807, 2.05) is 0 Å². The van der Waals surface area contributed by atoms with Crippen LogP contribution in [-0.4, -0.2) is 48.9 Å². The molecule has 0 aromatic heterocycles. The summed E-state index contributed by atoms with van der Waals surface area (Å²) in [5.74, 6) is -2.05. The summed E-state index contributed by atoms with van der Waals surface area (Å²) in [5, 5.41) is -0.346. The highest BCUT2D eigenvalue weighted by Gasteiger charge is 2.30. The number of hydrogen-bond donors (Lipinski definition) is 0. The summed E-state index contributed by atoms with van der Waals surface area (Å²) in [5.41, 5.74) is 0.882. The van der Waals surface area contributed by atoms with Gasteiger partial charge < -0.3 is 18.9 Å². The van der Waals surface area contributed by atoms with E-state index in [4.69, 9.17) is 25.8 Å². The first kappa shape index (κ1) is 28.0. The lowest BCUT2D eigenvalue weighted by Gasteiger charge is -2.24. The van der Waals surface area contributed by atoms with Gasteiger partial charge in [-0.15, -0.1) is 0 Å². The van der Waals surface area contributed by atoms with Crippen molar-refractivity contribution in [1.82, 2.24) is 0 Å². The van der Waals surface area contributed by atoms with Gasteiger partial charge >= 0.3 is 23.9 Å². The quantitative estimate of drug-likeness (QED) is 0.0985. The minimum absolute atomic E-state index is 0.0865. The van der Waals surface area contributed by atoms with Crippen LogP contribution in [0, 0.1) is 11.8 Å². The highest BCUT2D eigenvalue weighted by atomic mass is 35.5. The molecule has 0 amide bonds. The van der Waals surface area contributed by atoms with Crippen LogP contribution in [0.25, 0.3) is 0 Å². The van der Waals surface area contributed by atoms with Crippen LogP contribution in [0.2, 0.25) is 0 Å².